The van der Waals surface area contributed by atoms with Gasteiger partial charge in [-0.25, -0.2) is 0 Å². The Hall–Kier alpha value is -1.98. The Balaban J connectivity index is 1.84. The predicted octanol–water partition coefficient (Wildman–Crippen LogP) is 3.29. The van der Waals surface area contributed by atoms with E-state index in [1.54, 1.807) is 0 Å². The van der Waals surface area contributed by atoms with Crippen molar-refractivity contribution in [2.45, 2.75) is 19.9 Å². The fourth-order valence-corrected chi connectivity index (χ4v) is 1.66. The quantitative estimate of drug-likeness (QED) is 0.831. The Kier molecular flexibility index (Phi) is 4.22. The normalized spacial score (nSPS) is 11.7. The van der Waals surface area contributed by atoms with Crippen LogP contribution in [0.1, 0.15) is 30.0 Å². The monoisotopic (exact) mass is 239 g/mol. The molecule has 2 nitrogen and oxygen atoms in total. The summed E-state index contributed by atoms with van der Waals surface area (Å²) in [6, 6.07) is 14.1. The summed E-state index contributed by atoms with van der Waals surface area (Å²) in [7, 11) is 0. The van der Waals surface area contributed by atoms with E-state index in [0.717, 1.165) is 17.1 Å². The van der Waals surface area contributed by atoms with Gasteiger partial charge in [0.15, 0.2) is 0 Å². The maximum atomic E-state index is 5.55. The van der Waals surface area contributed by atoms with Gasteiger partial charge in [0.05, 0.1) is 12.6 Å². The minimum atomic E-state index is 0.184. The molecule has 92 valence electrons. The molecule has 0 aliphatic carbocycles. The van der Waals surface area contributed by atoms with Crippen molar-refractivity contribution in [1.82, 2.24) is 5.32 Å². The maximum Gasteiger partial charge on any atom is 0.120 e. The van der Waals surface area contributed by atoms with Crippen molar-refractivity contribution in [1.29, 1.82) is 0 Å². The van der Waals surface area contributed by atoms with Gasteiger partial charge in [-0.05, 0) is 38.1 Å². The summed E-state index contributed by atoms with van der Waals surface area (Å²) >= 11 is 0. The number of aryl methyl sites for hydroxylation is 1. The minimum Gasteiger partial charge on any atom is -0.465 e. The summed E-state index contributed by atoms with van der Waals surface area (Å²) < 4.78 is 5.55. The zero-order chi connectivity index (χ0) is 12.8. The van der Waals surface area contributed by atoms with Crippen LogP contribution in [-0.4, -0.2) is 6.54 Å². The molecule has 18 heavy (non-hydrogen) atoms. The highest BCUT2D eigenvalue weighted by atomic mass is 16.3. The average molecular weight is 239 g/mol. The van der Waals surface area contributed by atoms with Crippen LogP contribution >= 0.6 is 0 Å². The van der Waals surface area contributed by atoms with Crippen LogP contribution in [0.4, 0.5) is 0 Å². The van der Waals surface area contributed by atoms with E-state index in [2.05, 4.69) is 24.1 Å². The summed E-state index contributed by atoms with van der Waals surface area (Å²) in [5, 5.41) is 3.32. The van der Waals surface area contributed by atoms with Crippen molar-refractivity contribution in [2.24, 2.45) is 0 Å². The van der Waals surface area contributed by atoms with Crippen molar-refractivity contribution >= 4 is 0 Å². The highest BCUT2D eigenvalue weighted by molar-refractivity contribution is 5.33. The molecule has 0 radical (unpaired) electrons. The third-order valence-electron chi connectivity index (χ3n) is 2.69. The van der Waals surface area contributed by atoms with E-state index in [9.17, 15) is 0 Å². The van der Waals surface area contributed by atoms with Crippen molar-refractivity contribution in [3.05, 3.63) is 59.5 Å². The van der Waals surface area contributed by atoms with Crippen molar-refractivity contribution in [3.8, 4) is 11.8 Å². The van der Waals surface area contributed by atoms with Crippen LogP contribution in [0.15, 0.2) is 46.9 Å². The summed E-state index contributed by atoms with van der Waals surface area (Å²) in [5.74, 6) is 8.11. The molecule has 0 aliphatic heterocycles. The molecule has 2 heteroatoms. The Morgan fingerprint density at radius 3 is 2.61 bits per heavy atom. The molecule has 2 aromatic rings. The van der Waals surface area contributed by atoms with Gasteiger partial charge in [-0.1, -0.05) is 30.0 Å². The molecule has 2 rings (SSSR count). The van der Waals surface area contributed by atoms with Gasteiger partial charge >= 0.3 is 0 Å². The summed E-state index contributed by atoms with van der Waals surface area (Å²) in [6.45, 7) is 4.67. The van der Waals surface area contributed by atoms with Crippen molar-refractivity contribution in [3.63, 3.8) is 0 Å². The molecular weight excluding hydrogens is 222 g/mol. The number of hydrogen-bond acceptors (Lipinski definition) is 2. The Bertz CT molecular complexity index is 545. The summed E-state index contributed by atoms with van der Waals surface area (Å²) in [5.41, 5.74) is 1.04. The fraction of sp³-hybridized carbons (Fsp3) is 0.250. The first-order chi connectivity index (χ1) is 8.75. The lowest BCUT2D eigenvalue weighted by atomic mass is 10.2. The smallest absolute Gasteiger partial charge is 0.120 e. The van der Waals surface area contributed by atoms with Crippen LogP contribution in [0.5, 0.6) is 0 Å². The van der Waals surface area contributed by atoms with E-state index >= 15 is 0 Å². The lowest BCUT2D eigenvalue weighted by Gasteiger charge is -2.07. The van der Waals surface area contributed by atoms with Gasteiger partial charge in [-0.15, -0.1) is 0 Å². The van der Waals surface area contributed by atoms with Gasteiger partial charge in [0.25, 0.3) is 0 Å². The van der Waals surface area contributed by atoms with Gasteiger partial charge in [0.1, 0.15) is 11.5 Å². The second-order valence-electron chi connectivity index (χ2n) is 4.22. The van der Waals surface area contributed by atoms with Gasteiger partial charge < -0.3 is 4.42 Å². The number of nitrogens with one attached hydrogen (secondary N) is 1. The molecule has 1 heterocycles. The molecule has 1 unspecified atom stereocenters. The molecule has 1 aromatic carbocycles. The molecule has 1 N–H and O–H groups in total. The lowest BCUT2D eigenvalue weighted by molar-refractivity contribution is 0.426. The third-order valence-corrected chi connectivity index (χ3v) is 2.69. The molecular formula is C16H17NO. The van der Waals surface area contributed by atoms with Crippen LogP contribution < -0.4 is 5.32 Å². The van der Waals surface area contributed by atoms with Crippen LogP contribution in [-0.2, 0) is 0 Å². The van der Waals surface area contributed by atoms with E-state index in [-0.39, 0.29) is 6.04 Å². The zero-order valence-electron chi connectivity index (χ0n) is 10.7. The van der Waals surface area contributed by atoms with Crippen molar-refractivity contribution < 1.29 is 4.42 Å². The van der Waals surface area contributed by atoms with Crippen LogP contribution in [0, 0.1) is 18.8 Å². The fourth-order valence-electron chi connectivity index (χ4n) is 1.66. The topological polar surface area (TPSA) is 25.2 Å². The molecule has 0 fully saturated rings. The Morgan fingerprint density at radius 2 is 1.94 bits per heavy atom. The molecule has 0 saturated heterocycles. The molecule has 1 aromatic heterocycles. The Morgan fingerprint density at radius 1 is 1.17 bits per heavy atom. The van der Waals surface area contributed by atoms with Gasteiger partial charge in [-0.2, -0.15) is 0 Å². The summed E-state index contributed by atoms with van der Waals surface area (Å²) in [4.78, 5) is 0. The number of furan rings is 1. The van der Waals surface area contributed by atoms with Crippen LogP contribution in [0.2, 0.25) is 0 Å². The van der Waals surface area contributed by atoms with E-state index in [0.29, 0.717) is 6.54 Å². The predicted molar refractivity (Wildman–Crippen MR) is 73.2 cm³/mol. The lowest BCUT2D eigenvalue weighted by Crippen LogP contribution is -2.18. The van der Waals surface area contributed by atoms with E-state index in [4.69, 9.17) is 4.42 Å². The minimum absolute atomic E-state index is 0.184. The van der Waals surface area contributed by atoms with Crippen LogP contribution in [0.3, 0.4) is 0 Å². The van der Waals surface area contributed by atoms with Gasteiger partial charge in [0, 0.05) is 5.56 Å². The SMILES string of the molecule is Cc1ccc(C(C)NCC#Cc2ccccc2)o1. The largest absolute Gasteiger partial charge is 0.465 e. The first-order valence-electron chi connectivity index (χ1n) is 6.09. The van der Waals surface area contributed by atoms with E-state index < -0.39 is 0 Å². The third kappa shape index (κ3) is 3.51. The second-order valence-corrected chi connectivity index (χ2v) is 4.22. The maximum absolute atomic E-state index is 5.55. The number of hydrogen-bond donors (Lipinski definition) is 1. The summed E-state index contributed by atoms with van der Waals surface area (Å²) in [6.07, 6.45) is 0. The standard InChI is InChI=1S/C16H17NO/c1-13-10-11-16(18-13)14(2)17-12-6-9-15-7-4-3-5-8-15/h3-5,7-8,10-11,14,17H,12H2,1-2H3. The second kappa shape index (κ2) is 6.09. The molecule has 1 atom stereocenters. The van der Waals surface area contributed by atoms with E-state index in [1.165, 1.54) is 0 Å². The molecule has 0 amide bonds. The first-order valence-corrected chi connectivity index (χ1v) is 6.09. The highest BCUT2D eigenvalue weighted by Crippen LogP contribution is 2.14. The average Bonchev–Trinajstić information content (AvgIpc) is 2.82. The van der Waals surface area contributed by atoms with Gasteiger partial charge in [-0.3, -0.25) is 5.32 Å². The van der Waals surface area contributed by atoms with E-state index in [1.807, 2.05) is 49.4 Å². The zero-order valence-corrected chi connectivity index (χ0v) is 10.7. The molecule has 0 saturated carbocycles. The molecule has 0 aliphatic rings. The molecule has 0 spiro atoms. The number of benzene rings is 1. The van der Waals surface area contributed by atoms with Gasteiger partial charge in [0.2, 0.25) is 0 Å². The molecule has 0 bridgehead atoms. The number of rotatable bonds is 3. The van der Waals surface area contributed by atoms with Crippen molar-refractivity contribution in [2.75, 3.05) is 6.54 Å². The Labute approximate surface area is 108 Å². The first kappa shape index (κ1) is 12.5. The van der Waals surface area contributed by atoms with Crippen LogP contribution in [0.25, 0.3) is 0 Å². The highest BCUT2D eigenvalue weighted by Gasteiger charge is 2.06.